The van der Waals surface area contributed by atoms with Gasteiger partial charge in [0, 0.05) is 12.8 Å². The third-order valence-corrected chi connectivity index (χ3v) is 6.01. The zero-order chi connectivity index (χ0) is 25.0. The molecule has 0 saturated heterocycles. The molecule has 0 N–H and O–H groups in total. The maximum absolute atomic E-state index is 13.3. The van der Waals surface area contributed by atoms with E-state index in [-0.39, 0.29) is 0 Å². The van der Waals surface area contributed by atoms with Gasteiger partial charge in [0.25, 0.3) is 0 Å². The molecular weight excluding hydrogens is 542 g/mol. The Hall–Kier alpha value is -0.393. The predicted octanol–water partition coefficient (Wildman–Crippen LogP) is 7.01. The van der Waals surface area contributed by atoms with Gasteiger partial charge in [-0.3, -0.25) is 0 Å². The van der Waals surface area contributed by atoms with E-state index in [2.05, 4.69) is 22.2 Å². The highest BCUT2D eigenvalue weighted by Gasteiger charge is 2.93. The van der Waals surface area contributed by atoms with Gasteiger partial charge in [0.1, 0.15) is 0 Å². The second-order valence-corrected chi connectivity index (χ2v) is 10.2. The number of alkyl halides is 17. The molecule has 0 nitrogen and oxygen atoms in total. The van der Waals surface area contributed by atoms with Crippen LogP contribution in [0.4, 0.5) is 74.6 Å². The molecule has 0 amide bonds. The molecule has 0 fully saturated rings. The number of hydrogen-bond acceptors (Lipinski definition) is 0. The van der Waals surface area contributed by atoms with Crippen LogP contribution in [0, 0.1) is 0 Å². The zero-order valence-electron chi connectivity index (χ0n) is 13.2. The van der Waals surface area contributed by atoms with Gasteiger partial charge in [0.15, 0.2) is 0 Å². The molecule has 0 radical (unpaired) electrons. The van der Waals surface area contributed by atoms with Crippen molar-refractivity contribution in [3.8, 4) is 0 Å². The van der Waals surface area contributed by atoms with Crippen LogP contribution in [-0.4, -0.2) is 54.7 Å². The third-order valence-electron chi connectivity index (χ3n) is 3.45. The first kappa shape index (κ1) is 29.6. The average Bonchev–Trinajstić information content (AvgIpc) is 2.51. The van der Waals surface area contributed by atoms with Gasteiger partial charge >= 0.3 is 54.7 Å². The highest BCUT2D eigenvalue weighted by molar-refractivity contribution is 7.34. The van der Waals surface area contributed by atoms with Crippen LogP contribution in [0.5, 0.6) is 0 Å². The molecule has 0 aromatic heterocycles. The summed E-state index contributed by atoms with van der Waals surface area (Å²) < 4.78 is 221. The lowest BCUT2D eigenvalue weighted by molar-refractivity contribution is -0.436. The first-order valence-electron chi connectivity index (χ1n) is 6.64. The Kier molecular flexibility index (Phi) is 7.77. The van der Waals surface area contributed by atoms with Crippen LogP contribution in [0.25, 0.3) is 0 Å². The maximum atomic E-state index is 13.3. The Bertz CT molecular complexity index is 610. The summed E-state index contributed by atoms with van der Waals surface area (Å²) in [5, 5.41) is 0. The first-order valence-corrected chi connectivity index (χ1v) is 10.7. The maximum Gasteiger partial charge on any atom is 0.389 e. The van der Waals surface area contributed by atoms with Crippen LogP contribution in [0.3, 0.4) is 0 Å². The lowest BCUT2D eigenvalue weighted by Gasteiger charge is -2.42. The topological polar surface area (TPSA) is 0 Å². The second kappa shape index (κ2) is 7.88. The summed E-state index contributed by atoms with van der Waals surface area (Å²) in [5.41, 5.74) is -6.56. The van der Waals surface area contributed by atoms with Crippen LogP contribution >= 0.6 is 22.2 Å². The van der Waals surface area contributed by atoms with Crippen LogP contribution in [0.1, 0.15) is 12.8 Å². The molecule has 182 valence electrons. The first-order chi connectivity index (χ1) is 12.7. The van der Waals surface area contributed by atoms with Crippen molar-refractivity contribution in [1.29, 1.82) is 0 Å². The lowest BCUT2D eigenvalue weighted by atomic mass is 9.90. The Balaban J connectivity index is 6.46. The smallest absolute Gasteiger partial charge is 0.202 e. The summed E-state index contributed by atoms with van der Waals surface area (Å²) in [5.74, 6) is -47.2. The summed E-state index contributed by atoms with van der Waals surface area (Å²) >= 11 is 8.61. The molecule has 0 aromatic carbocycles. The SMILES string of the molecule is FC(F)(F)CCC(F)(F)C(F)(F)C(F)(F)C(F)(F)C(F)(F)C(F)(F)C(F)(F)[SiH](Cl)Cl. The van der Waals surface area contributed by atoms with Gasteiger partial charge in [-0.15, -0.1) is 22.2 Å². The molecule has 0 unspecified atom stereocenters. The van der Waals surface area contributed by atoms with Crippen LogP contribution < -0.4 is 0 Å². The van der Waals surface area contributed by atoms with Crippen LogP contribution in [0.2, 0.25) is 0 Å². The fraction of sp³-hybridized carbons (Fsp3) is 1.00. The summed E-state index contributed by atoms with van der Waals surface area (Å²) in [6, 6.07) is 0. The monoisotopic (exact) mass is 546 g/mol. The van der Waals surface area contributed by atoms with E-state index >= 15 is 0 Å². The average molecular weight is 547 g/mol. The van der Waals surface area contributed by atoms with Gasteiger partial charge in [-0.25, -0.2) is 8.78 Å². The molecule has 0 bridgehead atoms. The molecule has 0 heterocycles. The highest BCUT2D eigenvalue weighted by atomic mass is 35.7. The van der Waals surface area contributed by atoms with E-state index in [0.717, 1.165) is 0 Å². The molecule has 0 rings (SSSR count). The molecule has 0 aliphatic carbocycles. The minimum Gasteiger partial charge on any atom is -0.202 e. The zero-order valence-corrected chi connectivity index (χ0v) is 15.8. The standard InChI is InChI=1S/C10H5Cl2F17Si/c11-30(12)10(28,29)9(26,27)8(24,25)7(22,23)6(20,21)5(18,19)3(13,14)1-2-4(15,16)17/h30H,1-2H2. The second-order valence-electron chi connectivity index (χ2n) is 5.62. The Morgan fingerprint density at radius 2 is 0.733 bits per heavy atom. The van der Waals surface area contributed by atoms with Crippen molar-refractivity contribution in [2.24, 2.45) is 0 Å². The summed E-state index contributed by atoms with van der Waals surface area (Å²) in [4.78, 5) is 0. The van der Waals surface area contributed by atoms with Gasteiger partial charge < -0.3 is 0 Å². The normalized spacial score (nSPS) is 16.4. The summed E-state index contributed by atoms with van der Waals surface area (Å²) in [6.07, 6.45) is -12.1. The van der Waals surface area contributed by atoms with E-state index in [1.807, 2.05) is 0 Å². The van der Waals surface area contributed by atoms with Crippen molar-refractivity contribution in [2.75, 3.05) is 0 Å². The third kappa shape index (κ3) is 4.41. The molecule has 0 spiro atoms. The van der Waals surface area contributed by atoms with Gasteiger partial charge in [0.05, 0.1) is 0 Å². The molecule has 0 aliphatic rings. The van der Waals surface area contributed by atoms with Gasteiger partial charge in [0.2, 0.25) is 0 Å². The van der Waals surface area contributed by atoms with Crippen molar-refractivity contribution in [3.63, 3.8) is 0 Å². The minimum absolute atomic E-state index is 3.02. The van der Waals surface area contributed by atoms with Crippen molar-refractivity contribution in [1.82, 2.24) is 0 Å². The molecule has 0 aromatic rings. The van der Waals surface area contributed by atoms with Crippen LogP contribution in [-0.2, 0) is 0 Å². The number of hydrogen-bond donors (Lipinski definition) is 0. The molecule has 0 atom stereocenters. The lowest BCUT2D eigenvalue weighted by Crippen LogP contribution is -2.73. The van der Waals surface area contributed by atoms with E-state index in [9.17, 15) is 74.6 Å². The van der Waals surface area contributed by atoms with Gasteiger partial charge in [-0.2, -0.15) is 65.9 Å². The number of halogens is 19. The largest absolute Gasteiger partial charge is 0.389 e. The Morgan fingerprint density at radius 3 is 1.03 bits per heavy atom. The van der Waals surface area contributed by atoms with Gasteiger partial charge in [-0.05, 0) is 0 Å². The molecular formula is C10H5Cl2F17Si. The van der Waals surface area contributed by atoms with E-state index in [1.165, 1.54) is 0 Å². The molecule has 20 heteroatoms. The fourth-order valence-corrected chi connectivity index (χ4v) is 2.90. The van der Waals surface area contributed by atoms with Gasteiger partial charge in [-0.1, -0.05) is 0 Å². The Labute approximate surface area is 165 Å². The highest BCUT2D eigenvalue weighted by Crippen LogP contribution is 2.63. The van der Waals surface area contributed by atoms with E-state index < -0.39 is 67.5 Å². The van der Waals surface area contributed by atoms with E-state index in [1.54, 1.807) is 0 Å². The summed E-state index contributed by atoms with van der Waals surface area (Å²) in [7, 11) is -5.49. The van der Waals surface area contributed by atoms with Crippen molar-refractivity contribution in [2.45, 2.75) is 60.1 Å². The molecule has 30 heavy (non-hydrogen) atoms. The molecule has 0 saturated carbocycles. The van der Waals surface area contributed by atoms with E-state index in [4.69, 9.17) is 0 Å². The van der Waals surface area contributed by atoms with E-state index in [0.29, 0.717) is 0 Å². The van der Waals surface area contributed by atoms with Crippen molar-refractivity contribution < 1.29 is 74.6 Å². The van der Waals surface area contributed by atoms with Crippen molar-refractivity contribution >= 4 is 29.6 Å². The predicted molar refractivity (Wildman–Crippen MR) is 68.8 cm³/mol. The van der Waals surface area contributed by atoms with Crippen LogP contribution in [0.15, 0.2) is 0 Å². The Morgan fingerprint density at radius 1 is 0.433 bits per heavy atom. The molecule has 0 aliphatic heterocycles. The van der Waals surface area contributed by atoms with Crippen molar-refractivity contribution in [3.05, 3.63) is 0 Å². The quantitative estimate of drug-likeness (QED) is 0.166. The fourth-order valence-electron chi connectivity index (χ4n) is 1.62. The minimum atomic E-state index is -8.37. The number of rotatable bonds is 9. The summed E-state index contributed by atoms with van der Waals surface area (Å²) in [6.45, 7) is 0.